The van der Waals surface area contributed by atoms with Gasteiger partial charge in [-0.3, -0.25) is 9.59 Å². The second kappa shape index (κ2) is 5.89. The highest BCUT2D eigenvalue weighted by molar-refractivity contribution is 5.88. The van der Waals surface area contributed by atoms with Gasteiger partial charge in [-0.2, -0.15) is 0 Å². The van der Waals surface area contributed by atoms with Crippen LogP contribution in [0, 0.1) is 11.8 Å². The lowest BCUT2D eigenvalue weighted by Gasteiger charge is -2.44. The zero-order valence-electron chi connectivity index (χ0n) is 9.62. The number of carbonyl (C=O) groups is 2. The summed E-state index contributed by atoms with van der Waals surface area (Å²) in [5, 5.41) is 0. The first-order chi connectivity index (χ1) is 7.19. The highest BCUT2D eigenvalue weighted by Gasteiger charge is 2.45. The fourth-order valence-corrected chi connectivity index (χ4v) is 1.92. The molecular weight excluding hydrogens is 192 g/mol. The number of fused-ring (bicyclic) bond motifs is 1. The molecule has 2 unspecified atom stereocenters. The first-order valence-electron chi connectivity index (χ1n) is 5.87. The van der Waals surface area contributed by atoms with Crippen LogP contribution in [0.3, 0.4) is 0 Å². The number of Topliss-reactive ketones (excluding diaryl/α,β-unsaturated/α-hetero) is 1. The minimum atomic E-state index is -0.0880. The van der Waals surface area contributed by atoms with Crippen LogP contribution in [0.2, 0.25) is 0 Å². The standard InChI is InChI=1S/C6H12O2.C6H8O/c1-3-5-6(7)8-4-2;7-6-3-4-1-2-5(4)6/h3-5H2,1-2H3;4-5H,1-3H2. The van der Waals surface area contributed by atoms with Gasteiger partial charge >= 0.3 is 5.97 Å². The van der Waals surface area contributed by atoms with Crippen LogP contribution in [0.5, 0.6) is 0 Å². The first kappa shape index (κ1) is 12.2. The van der Waals surface area contributed by atoms with Gasteiger partial charge in [0.05, 0.1) is 6.61 Å². The third-order valence-electron chi connectivity index (χ3n) is 3.05. The lowest BCUT2D eigenvalue weighted by molar-refractivity contribution is -0.143. The van der Waals surface area contributed by atoms with Crippen molar-refractivity contribution >= 4 is 11.8 Å². The molecular formula is C12H20O3. The van der Waals surface area contributed by atoms with Crippen molar-refractivity contribution in [3.05, 3.63) is 0 Å². The van der Waals surface area contributed by atoms with Crippen molar-refractivity contribution in [3.8, 4) is 0 Å². The Morgan fingerprint density at radius 3 is 2.33 bits per heavy atom. The van der Waals surface area contributed by atoms with E-state index < -0.39 is 0 Å². The Hall–Kier alpha value is -0.860. The fourth-order valence-electron chi connectivity index (χ4n) is 1.92. The Bertz CT molecular complexity index is 227. The Morgan fingerprint density at radius 1 is 1.40 bits per heavy atom. The van der Waals surface area contributed by atoms with E-state index in [1.807, 2.05) is 13.8 Å². The Balaban J connectivity index is 0.000000150. The molecule has 0 radical (unpaired) electrons. The van der Waals surface area contributed by atoms with Crippen molar-refractivity contribution in [3.63, 3.8) is 0 Å². The lowest BCUT2D eigenvalue weighted by Crippen LogP contribution is -2.44. The van der Waals surface area contributed by atoms with Gasteiger partial charge in [0.25, 0.3) is 0 Å². The number of hydrogen-bond acceptors (Lipinski definition) is 3. The van der Waals surface area contributed by atoms with E-state index in [1.54, 1.807) is 0 Å². The molecule has 3 heteroatoms. The predicted molar refractivity (Wildman–Crippen MR) is 57.4 cm³/mol. The van der Waals surface area contributed by atoms with Crippen LogP contribution in [-0.2, 0) is 14.3 Å². The molecule has 0 N–H and O–H groups in total. The second-order valence-electron chi connectivity index (χ2n) is 4.17. The summed E-state index contributed by atoms with van der Waals surface area (Å²) in [6.45, 7) is 4.27. The maximum atomic E-state index is 10.5. The Morgan fingerprint density at radius 2 is 2.13 bits per heavy atom. The normalized spacial score (nSPS) is 26.4. The maximum absolute atomic E-state index is 10.5. The van der Waals surface area contributed by atoms with E-state index in [0.29, 0.717) is 24.7 Å². The molecule has 2 saturated carbocycles. The van der Waals surface area contributed by atoms with E-state index in [2.05, 4.69) is 4.74 Å². The number of ketones is 1. The summed E-state index contributed by atoms with van der Waals surface area (Å²) in [7, 11) is 0. The average molecular weight is 212 g/mol. The second-order valence-corrected chi connectivity index (χ2v) is 4.17. The van der Waals surface area contributed by atoms with Gasteiger partial charge in [-0.25, -0.2) is 0 Å². The van der Waals surface area contributed by atoms with Crippen molar-refractivity contribution < 1.29 is 14.3 Å². The summed E-state index contributed by atoms with van der Waals surface area (Å²) in [4.78, 5) is 20.9. The summed E-state index contributed by atoms with van der Waals surface area (Å²) in [6.07, 6.45) is 4.86. The molecule has 0 aromatic carbocycles. The number of rotatable bonds is 3. The van der Waals surface area contributed by atoms with Gasteiger partial charge in [-0.1, -0.05) is 6.92 Å². The first-order valence-corrected chi connectivity index (χ1v) is 5.87. The molecule has 0 saturated heterocycles. The van der Waals surface area contributed by atoms with Crippen LogP contribution >= 0.6 is 0 Å². The quantitative estimate of drug-likeness (QED) is 0.674. The van der Waals surface area contributed by atoms with Gasteiger partial charge in [0.1, 0.15) is 5.78 Å². The van der Waals surface area contributed by atoms with Gasteiger partial charge in [-0.15, -0.1) is 0 Å². The molecule has 2 fully saturated rings. The number of carbonyl (C=O) groups excluding carboxylic acids is 2. The van der Waals surface area contributed by atoms with E-state index in [0.717, 1.165) is 18.8 Å². The highest BCUT2D eigenvalue weighted by atomic mass is 16.5. The molecule has 2 atom stereocenters. The smallest absolute Gasteiger partial charge is 0.305 e. The average Bonchev–Trinajstić information content (AvgIpc) is 2.15. The summed E-state index contributed by atoms with van der Waals surface area (Å²) < 4.78 is 4.64. The minimum Gasteiger partial charge on any atom is -0.466 e. The third kappa shape index (κ3) is 3.33. The molecule has 2 aliphatic carbocycles. The van der Waals surface area contributed by atoms with Crippen LogP contribution in [0.25, 0.3) is 0 Å². The molecule has 0 aromatic rings. The summed E-state index contributed by atoms with van der Waals surface area (Å²) in [6, 6.07) is 0. The van der Waals surface area contributed by atoms with E-state index in [4.69, 9.17) is 0 Å². The van der Waals surface area contributed by atoms with Crippen molar-refractivity contribution in [2.75, 3.05) is 6.61 Å². The van der Waals surface area contributed by atoms with E-state index >= 15 is 0 Å². The Kier molecular flexibility index (Phi) is 4.79. The molecule has 2 aliphatic rings. The van der Waals surface area contributed by atoms with Gasteiger partial charge in [0.15, 0.2) is 0 Å². The largest absolute Gasteiger partial charge is 0.466 e. The minimum absolute atomic E-state index is 0.0880. The molecule has 0 aromatic heterocycles. The van der Waals surface area contributed by atoms with Gasteiger partial charge in [0.2, 0.25) is 0 Å². The van der Waals surface area contributed by atoms with Crippen molar-refractivity contribution in [2.24, 2.45) is 11.8 Å². The number of esters is 1. The van der Waals surface area contributed by atoms with Gasteiger partial charge < -0.3 is 4.74 Å². The molecule has 0 bridgehead atoms. The Labute approximate surface area is 91.2 Å². The van der Waals surface area contributed by atoms with Crippen molar-refractivity contribution in [2.45, 2.75) is 46.0 Å². The highest BCUT2D eigenvalue weighted by Crippen LogP contribution is 2.46. The molecule has 0 aliphatic heterocycles. The van der Waals surface area contributed by atoms with E-state index in [1.165, 1.54) is 12.8 Å². The number of ether oxygens (including phenoxy) is 1. The molecule has 0 heterocycles. The summed E-state index contributed by atoms with van der Waals surface area (Å²) in [5.41, 5.74) is 0. The zero-order valence-corrected chi connectivity index (χ0v) is 9.62. The molecule has 0 amide bonds. The lowest BCUT2D eigenvalue weighted by atomic mass is 9.59. The molecule has 0 spiro atoms. The SMILES string of the molecule is CCCC(=O)OCC.O=C1CC2CCC12. The predicted octanol–water partition coefficient (Wildman–Crippen LogP) is 2.33. The van der Waals surface area contributed by atoms with E-state index in [-0.39, 0.29) is 5.97 Å². The van der Waals surface area contributed by atoms with Crippen LogP contribution in [0.1, 0.15) is 46.0 Å². The molecule has 86 valence electrons. The summed E-state index contributed by atoms with van der Waals surface area (Å²) in [5.74, 6) is 1.82. The zero-order chi connectivity index (χ0) is 11.3. The summed E-state index contributed by atoms with van der Waals surface area (Å²) >= 11 is 0. The van der Waals surface area contributed by atoms with Crippen molar-refractivity contribution in [1.29, 1.82) is 0 Å². The van der Waals surface area contributed by atoms with Gasteiger partial charge in [0, 0.05) is 18.8 Å². The van der Waals surface area contributed by atoms with Crippen molar-refractivity contribution in [1.82, 2.24) is 0 Å². The maximum Gasteiger partial charge on any atom is 0.305 e. The van der Waals surface area contributed by atoms with Crippen LogP contribution in [-0.4, -0.2) is 18.4 Å². The fraction of sp³-hybridized carbons (Fsp3) is 0.833. The third-order valence-corrected chi connectivity index (χ3v) is 3.05. The van der Waals surface area contributed by atoms with E-state index in [9.17, 15) is 9.59 Å². The topological polar surface area (TPSA) is 43.4 Å². The van der Waals surface area contributed by atoms with Crippen LogP contribution < -0.4 is 0 Å². The molecule has 3 nitrogen and oxygen atoms in total. The monoisotopic (exact) mass is 212 g/mol. The van der Waals surface area contributed by atoms with Gasteiger partial charge in [-0.05, 0) is 32.1 Å². The number of hydrogen-bond donors (Lipinski definition) is 0. The molecule has 2 rings (SSSR count). The molecule has 15 heavy (non-hydrogen) atoms. The van der Waals surface area contributed by atoms with Crippen LogP contribution in [0.15, 0.2) is 0 Å². The van der Waals surface area contributed by atoms with Crippen LogP contribution in [0.4, 0.5) is 0 Å².